The molecule has 0 saturated carbocycles. The quantitative estimate of drug-likeness (QED) is 0.400. The first-order valence-corrected chi connectivity index (χ1v) is 11.6. The Morgan fingerprint density at radius 3 is 2.75 bits per heavy atom. The number of ether oxygens (including phenoxy) is 3. The van der Waals surface area contributed by atoms with Crippen molar-refractivity contribution in [3.63, 3.8) is 0 Å². The fourth-order valence-corrected chi connectivity index (χ4v) is 4.40. The molecule has 0 saturated heterocycles. The van der Waals surface area contributed by atoms with Gasteiger partial charge in [0.05, 0.1) is 11.1 Å². The Hall–Kier alpha value is -3.39. The Morgan fingerprint density at radius 1 is 1.16 bits per heavy atom. The summed E-state index contributed by atoms with van der Waals surface area (Å²) >= 11 is 1.31. The molecule has 1 atom stereocenters. The molecule has 0 spiro atoms. The van der Waals surface area contributed by atoms with Crippen molar-refractivity contribution < 1.29 is 14.2 Å². The highest BCUT2D eigenvalue weighted by Crippen LogP contribution is 2.35. The Balaban J connectivity index is 1.33. The van der Waals surface area contributed by atoms with E-state index < -0.39 is 6.10 Å². The maximum atomic E-state index is 12.8. The van der Waals surface area contributed by atoms with Gasteiger partial charge < -0.3 is 14.2 Å². The third-order valence-corrected chi connectivity index (χ3v) is 6.15. The molecule has 5 rings (SSSR count). The lowest BCUT2D eigenvalue weighted by molar-refractivity contribution is 0.0852. The zero-order valence-corrected chi connectivity index (χ0v) is 18.5. The third kappa shape index (κ3) is 4.18. The molecule has 0 bridgehead atoms. The molecule has 0 unspecified atom stereocenters. The Bertz CT molecular complexity index is 1330. The molecular weight excluding hydrogens is 426 g/mol. The van der Waals surface area contributed by atoms with Crippen molar-refractivity contribution in [2.24, 2.45) is 0 Å². The van der Waals surface area contributed by atoms with Gasteiger partial charge in [-0.2, -0.15) is 9.50 Å². The van der Waals surface area contributed by atoms with E-state index in [0.717, 1.165) is 24.3 Å². The summed E-state index contributed by atoms with van der Waals surface area (Å²) in [6, 6.07) is 15.2. The van der Waals surface area contributed by atoms with Crippen LogP contribution in [0, 0.1) is 0 Å². The maximum absolute atomic E-state index is 12.8. The van der Waals surface area contributed by atoms with Crippen LogP contribution in [0.5, 0.6) is 17.2 Å². The highest BCUT2D eigenvalue weighted by molar-refractivity contribution is 7.15. The number of thiazole rings is 1. The zero-order chi connectivity index (χ0) is 21.9. The van der Waals surface area contributed by atoms with Gasteiger partial charge in [0.15, 0.2) is 23.4 Å². The van der Waals surface area contributed by atoms with Gasteiger partial charge in [-0.1, -0.05) is 55.4 Å². The highest BCUT2D eigenvalue weighted by atomic mass is 32.1. The average Bonchev–Trinajstić information content (AvgIpc) is 3.37. The van der Waals surface area contributed by atoms with Gasteiger partial charge in [0.2, 0.25) is 4.96 Å². The summed E-state index contributed by atoms with van der Waals surface area (Å²) in [5, 5.41) is 4.39. The number of hydrogen-bond acceptors (Lipinski definition) is 7. The monoisotopic (exact) mass is 449 g/mol. The number of rotatable bonds is 7. The smallest absolute Gasteiger partial charge is 0.291 e. The molecule has 0 radical (unpaired) electrons. The van der Waals surface area contributed by atoms with Gasteiger partial charge >= 0.3 is 0 Å². The number of hydrogen-bond donors (Lipinski definition) is 0. The third-order valence-electron chi connectivity index (χ3n) is 5.19. The number of fused-ring (bicyclic) bond motifs is 2. The van der Waals surface area contributed by atoms with Crippen molar-refractivity contribution >= 4 is 22.4 Å². The van der Waals surface area contributed by atoms with Gasteiger partial charge in [-0.15, -0.1) is 5.10 Å². The molecule has 2 aromatic heterocycles. The minimum Gasteiger partial charge on any atom is -0.494 e. The Morgan fingerprint density at radius 2 is 1.97 bits per heavy atom. The van der Waals surface area contributed by atoms with Gasteiger partial charge in [-0.25, -0.2) is 0 Å². The van der Waals surface area contributed by atoms with Gasteiger partial charge in [0.1, 0.15) is 12.4 Å². The van der Waals surface area contributed by atoms with Crippen LogP contribution in [-0.2, 0) is 0 Å². The normalized spacial score (nSPS) is 15.9. The summed E-state index contributed by atoms with van der Waals surface area (Å²) in [6.45, 7) is 3.19. The van der Waals surface area contributed by atoms with Crippen LogP contribution in [0.2, 0.25) is 0 Å². The molecule has 1 aliphatic heterocycles. The lowest BCUT2D eigenvalue weighted by Crippen LogP contribution is -2.26. The summed E-state index contributed by atoms with van der Waals surface area (Å²) < 4.78 is 19.4. The molecule has 1 aliphatic rings. The number of benzene rings is 2. The molecule has 0 N–H and O–H groups in total. The number of aromatic nitrogens is 3. The van der Waals surface area contributed by atoms with Crippen LogP contribution in [0.3, 0.4) is 0 Å². The maximum Gasteiger partial charge on any atom is 0.291 e. The van der Waals surface area contributed by atoms with Crippen molar-refractivity contribution in [1.82, 2.24) is 14.6 Å². The number of unbranched alkanes of at least 4 members (excludes halogenated alkanes) is 2. The molecule has 32 heavy (non-hydrogen) atoms. The fourth-order valence-electron chi connectivity index (χ4n) is 3.49. The predicted molar refractivity (Wildman–Crippen MR) is 123 cm³/mol. The zero-order valence-electron chi connectivity index (χ0n) is 17.7. The first kappa shape index (κ1) is 20.5. The predicted octanol–water partition coefficient (Wildman–Crippen LogP) is 3.78. The fraction of sp³-hybridized carbons (Fsp3) is 0.292. The van der Waals surface area contributed by atoms with Crippen molar-refractivity contribution in [3.8, 4) is 17.2 Å². The summed E-state index contributed by atoms with van der Waals surface area (Å²) in [7, 11) is 0. The van der Waals surface area contributed by atoms with Crippen LogP contribution >= 0.6 is 11.3 Å². The second-order valence-electron chi connectivity index (χ2n) is 7.57. The first-order chi connectivity index (χ1) is 15.7. The lowest BCUT2D eigenvalue weighted by atomic mass is 10.2. The first-order valence-electron chi connectivity index (χ1n) is 10.7. The molecule has 164 valence electrons. The summed E-state index contributed by atoms with van der Waals surface area (Å²) in [5.74, 6) is 2.63. The van der Waals surface area contributed by atoms with Crippen LogP contribution in [0.1, 0.15) is 43.7 Å². The molecule has 0 aliphatic carbocycles. The standard InChI is InChI=1S/C24H23N3O4S/c1-2-3-6-13-29-17-11-9-16(10-12-17)14-21-23(28)27-24(32-21)25-22(26-27)20-15-30-18-7-4-5-8-19(18)31-20/h4-5,7-12,14,20H,2-3,6,13,15H2,1H3/b21-14-/t20-/m1/s1. The molecule has 4 aromatic rings. The van der Waals surface area contributed by atoms with E-state index in [1.165, 1.54) is 28.7 Å². The summed E-state index contributed by atoms with van der Waals surface area (Å²) in [4.78, 5) is 17.9. The summed E-state index contributed by atoms with van der Waals surface area (Å²) in [5.41, 5.74) is 0.731. The molecular formula is C24H23N3O4S. The van der Waals surface area contributed by atoms with E-state index in [1.807, 2.05) is 54.6 Å². The van der Waals surface area contributed by atoms with E-state index in [1.54, 1.807) is 0 Å². The van der Waals surface area contributed by atoms with Gasteiger partial charge in [-0.3, -0.25) is 4.79 Å². The van der Waals surface area contributed by atoms with Crippen molar-refractivity contribution in [3.05, 3.63) is 74.8 Å². The molecule has 0 fully saturated rings. The Labute approximate surface area is 188 Å². The van der Waals surface area contributed by atoms with Gasteiger partial charge in [0.25, 0.3) is 5.56 Å². The van der Waals surface area contributed by atoms with Crippen LogP contribution < -0.4 is 24.3 Å². The lowest BCUT2D eigenvalue weighted by Gasteiger charge is -2.24. The molecule has 3 heterocycles. The van der Waals surface area contributed by atoms with Gasteiger partial charge in [-0.05, 0) is 42.3 Å². The number of para-hydroxylation sites is 2. The van der Waals surface area contributed by atoms with E-state index in [-0.39, 0.29) is 5.56 Å². The second-order valence-corrected chi connectivity index (χ2v) is 8.58. The topological polar surface area (TPSA) is 74.9 Å². The minimum absolute atomic E-state index is 0.194. The van der Waals surface area contributed by atoms with Gasteiger partial charge in [0, 0.05) is 0 Å². The SMILES string of the molecule is CCCCCOc1ccc(/C=c2\sc3nc([C@H]4COc5ccccc5O4)nn3c2=O)cc1. The van der Waals surface area contributed by atoms with Crippen molar-refractivity contribution in [1.29, 1.82) is 0 Å². The van der Waals surface area contributed by atoms with E-state index in [2.05, 4.69) is 17.0 Å². The Kier molecular flexibility index (Phi) is 5.77. The van der Waals surface area contributed by atoms with E-state index in [4.69, 9.17) is 14.2 Å². The van der Waals surface area contributed by atoms with Crippen molar-refractivity contribution in [2.75, 3.05) is 13.2 Å². The van der Waals surface area contributed by atoms with E-state index >= 15 is 0 Å². The second kappa shape index (κ2) is 9.00. The molecule has 2 aromatic carbocycles. The molecule has 8 heteroatoms. The van der Waals surface area contributed by atoms with Crippen LogP contribution in [0.4, 0.5) is 0 Å². The highest BCUT2D eigenvalue weighted by Gasteiger charge is 2.27. The average molecular weight is 450 g/mol. The number of nitrogens with zero attached hydrogens (tertiary/aromatic N) is 3. The largest absolute Gasteiger partial charge is 0.494 e. The minimum atomic E-state index is -0.450. The van der Waals surface area contributed by atoms with Crippen LogP contribution in [0.15, 0.2) is 53.3 Å². The van der Waals surface area contributed by atoms with Crippen LogP contribution in [0.25, 0.3) is 11.0 Å². The molecule has 7 nitrogen and oxygen atoms in total. The van der Waals surface area contributed by atoms with Crippen LogP contribution in [-0.4, -0.2) is 27.8 Å². The molecule has 0 amide bonds. The summed E-state index contributed by atoms with van der Waals surface area (Å²) in [6.07, 6.45) is 4.79. The van der Waals surface area contributed by atoms with E-state index in [9.17, 15) is 4.79 Å². The van der Waals surface area contributed by atoms with Crippen molar-refractivity contribution in [2.45, 2.75) is 32.3 Å². The van der Waals surface area contributed by atoms with E-state index in [0.29, 0.717) is 33.4 Å².